The number of aryl methyl sites for hydroxylation is 1. The van der Waals surface area contributed by atoms with E-state index in [0.29, 0.717) is 0 Å². The second kappa shape index (κ2) is 13.7. The first kappa shape index (κ1) is 44.4. The quantitative estimate of drug-likeness (QED) is 0.159. The fourth-order valence-corrected chi connectivity index (χ4v) is 15.5. The number of hydrogen-bond acceptors (Lipinski definition) is 3. The lowest BCUT2D eigenvalue weighted by atomic mass is 9.32. The molecule has 0 N–H and O–H groups in total. The summed E-state index contributed by atoms with van der Waals surface area (Å²) in [7, 11) is 0. The molecule has 2 aliphatic heterocycles. The molecule has 4 heteroatoms. The minimum absolute atomic E-state index is 0.0487. The smallest absolute Gasteiger partial charge is 0.252 e. The van der Waals surface area contributed by atoms with E-state index in [4.69, 9.17) is 0 Å². The van der Waals surface area contributed by atoms with E-state index >= 15 is 0 Å². The summed E-state index contributed by atoms with van der Waals surface area (Å²) in [4.78, 5) is 5.54. The highest BCUT2D eigenvalue weighted by atomic mass is 32.1. The molecule has 348 valence electrons. The molecule has 5 aliphatic rings. The van der Waals surface area contributed by atoms with Crippen LogP contribution in [0.2, 0.25) is 0 Å². The van der Waals surface area contributed by atoms with Crippen LogP contribution in [0.3, 0.4) is 0 Å². The zero-order valence-corrected chi connectivity index (χ0v) is 44.9. The molecule has 0 saturated heterocycles. The molecule has 3 aliphatic carbocycles. The van der Waals surface area contributed by atoms with Gasteiger partial charge < -0.3 is 9.80 Å². The molecule has 0 fully saturated rings. The maximum absolute atomic E-state index is 2.78. The van der Waals surface area contributed by atoms with Crippen LogP contribution in [0.15, 0.2) is 91.0 Å². The summed E-state index contributed by atoms with van der Waals surface area (Å²) >= 11 is 1.93. The Kier molecular flexibility index (Phi) is 8.98. The second-order valence-corrected chi connectivity index (χ2v) is 28.2. The zero-order chi connectivity index (χ0) is 48.2. The third-order valence-electron chi connectivity index (χ3n) is 18.4. The highest BCUT2D eigenvalue weighted by molar-refractivity contribution is 7.26. The van der Waals surface area contributed by atoms with Gasteiger partial charge >= 0.3 is 0 Å². The standard InChI is InChI=1S/C64H73BN2S/c1-37-28-40-43(61(9,10)26-24-59(40,5)6)33-49(37)67-51-35-45-42(63(13,14)36-64(45,15)16)32-47(51)65-46-31-41-44(62(11,12)27-25-60(41,7)8)34-50(46)66(52-29-38(58(2,3)4)30-53(67)57(52)65)48-21-19-23-55-56(48)39-20-17-18-22-54(39)68-55/h17-23,28-35H,24-27,36H2,1-16H3. The first-order valence-corrected chi connectivity index (χ1v) is 26.7. The van der Waals surface area contributed by atoms with Gasteiger partial charge in [0.15, 0.2) is 0 Å². The number of hydrogen-bond donors (Lipinski definition) is 0. The van der Waals surface area contributed by atoms with Crippen molar-refractivity contribution in [1.29, 1.82) is 0 Å². The number of benzene rings is 6. The summed E-state index contributed by atoms with van der Waals surface area (Å²) in [6.45, 7) is 39.7. The molecule has 12 rings (SSSR count). The molecule has 0 atom stereocenters. The van der Waals surface area contributed by atoms with Gasteiger partial charge in [-0.2, -0.15) is 0 Å². The van der Waals surface area contributed by atoms with E-state index in [1.54, 1.807) is 0 Å². The molecular weight excluding hydrogens is 840 g/mol. The van der Waals surface area contributed by atoms with Crippen LogP contribution in [-0.4, -0.2) is 6.71 Å². The van der Waals surface area contributed by atoms with Crippen LogP contribution in [0, 0.1) is 6.92 Å². The molecule has 7 aromatic rings. The lowest BCUT2D eigenvalue weighted by Gasteiger charge is -2.48. The number of anilines is 6. The van der Waals surface area contributed by atoms with Gasteiger partial charge in [0.25, 0.3) is 6.71 Å². The average molecular weight is 913 g/mol. The van der Waals surface area contributed by atoms with Crippen molar-refractivity contribution in [3.8, 4) is 0 Å². The van der Waals surface area contributed by atoms with Crippen LogP contribution < -0.4 is 26.2 Å². The molecule has 0 saturated carbocycles. The molecule has 0 bridgehead atoms. The fourth-order valence-electron chi connectivity index (χ4n) is 14.4. The van der Waals surface area contributed by atoms with Crippen LogP contribution in [-0.2, 0) is 37.9 Å². The molecule has 0 spiro atoms. The van der Waals surface area contributed by atoms with Crippen LogP contribution in [0.5, 0.6) is 0 Å². The SMILES string of the molecule is Cc1cc2c(cc1N1c3cc4c(cc3B3c5cc6c(cc5N(c5cccc7sc8ccccc8c57)c5cc(C(C)(C)C)cc1c53)C(C)(C)CCC6(C)C)C(C)(C)CC4(C)C)C(C)(C)CCC2(C)C. The van der Waals surface area contributed by atoms with Crippen molar-refractivity contribution in [2.75, 3.05) is 9.80 Å². The molecule has 3 heterocycles. The van der Waals surface area contributed by atoms with Crippen LogP contribution in [0.25, 0.3) is 20.2 Å². The Bertz CT molecular complexity index is 3340. The first-order valence-electron chi connectivity index (χ1n) is 25.9. The van der Waals surface area contributed by atoms with Crippen molar-refractivity contribution in [2.24, 2.45) is 0 Å². The van der Waals surface area contributed by atoms with Crippen LogP contribution in [0.4, 0.5) is 34.1 Å². The monoisotopic (exact) mass is 913 g/mol. The van der Waals surface area contributed by atoms with E-state index in [9.17, 15) is 0 Å². The summed E-state index contributed by atoms with van der Waals surface area (Å²) in [6.07, 6.45) is 5.89. The van der Waals surface area contributed by atoms with Crippen molar-refractivity contribution >= 4 is 88.7 Å². The molecule has 0 unspecified atom stereocenters. The molecular formula is C64H73BN2S. The maximum atomic E-state index is 2.78. The predicted molar refractivity (Wildman–Crippen MR) is 298 cm³/mol. The van der Waals surface area contributed by atoms with Crippen molar-refractivity contribution < 1.29 is 0 Å². The molecule has 0 amide bonds. The van der Waals surface area contributed by atoms with Gasteiger partial charge in [0.05, 0.1) is 5.69 Å². The van der Waals surface area contributed by atoms with Crippen molar-refractivity contribution in [1.82, 2.24) is 0 Å². The molecule has 1 aromatic heterocycles. The van der Waals surface area contributed by atoms with Gasteiger partial charge in [-0.25, -0.2) is 0 Å². The Labute approximate surface area is 412 Å². The molecule has 0 radical (unpaired) electrons. The average Bonchev–Trinajstić information content (AvgIpc) is 3.72. The molecule has 68 heavy (non-hydrogen) atoms. The number of nitrogens with zero attached hydrogens (tertiary/aromatic N) is 2. The Morgan fingerprint density at radius 3 is 1.44 bits per heavy atom. The highest BCUT2D eigenvalue weighted by Gasteiger charge is 2.51. The van der Waals surface area contributed by atoms with E-state index in [0.717, 1.165) is 6.42 Å². The first-order chi connectivity index (χ1) is 31.7. The van der Waals surface area contributed by atoms with Gasteiger partial charge in [0.2, 0.25) is 0 Å². The number of rotatable bonds is 2. The number of thiophene rings is 1. The third kappa shape index (κ3) is 6.13. The minimum Gasteiger partial charge on any atom is -0.311 e. The lowest BCUT2D eigenvalue weighted by Crippen LogP contribution is -2.62. The Balaban J connectivity index is 1.27. The van der Waals surface area contributed by atoms with E-state index in [-0.39, 0.29) is 44.6 Å². The van der Waals surface area contributed by atoms with Crippen LogP contribution >= 0.6 is 11.3 Å². The third-order valence-corrected chi connectivity index (χ3v) is 19.6. The fraction of sp³-hybridized carbons (Fsp3) is 0.438. The summed E-state index contributed by atoms with van der Waals surface area (Å²) in [5.41, 5.74) is 24.5. The van der Waals surface area contributed by atoms with Crippen molar-refractivity contribution in [2.45, 2.75) is 181 Å². The highest BCUT2D eigenvalue weighted by Crippen LogP contribution is 2.57. The number of fused-ring (bicyclic) bond motifs is 10. The minimum atomic E-state index is -0.108. The zero-order valence-electron chi connectivity index (χ0n) is 44.1. The van der Waals surface area contributed by atoms with Crippen molar-refractivity contribution in [3.05, 3.63) is 136 Å². The maximum Gasteiger partial charge on any atom is 0.252 e. The summed E-state index contributed by atoms with van der Waals surface area (Å²) in [5.74, 6) is 0. The molecule has 6 aromatic carbocycles. The van der Waals surface area contributed by atoms with E-state index < -0.39 is 0 Å². The van der Waals surface area contributed by atoms with Gasteiger partial charge in [-0.15, -0.1) is 11.3 Å². The van der Waals surface area contributed by atoms with Gasteiger partial charge in [-0.3, -0.25) is 0 Å². The summed E-state index contributed by atoms with van der Waals surface area (Å²) in [5, 5.41) is 2.70. The van der Waals surface area contributed by atoms with E-state index in [1.807, 2.05) is 11.3 Å². The van der Waals surface area contributed by atoms with Gasteiger partial charge in [-0.05, 0) is 186 Å². The largest absolute Gasteiger partial charge is 0.311 e. The topological polar surface area (TPSA) is 6.48 Å². The Morgan fingerprint density at radius 2 is 0.897 bits per heavy atom. The normalized spacial score (nSPS) is 20.7. The second-order valence-electron chi connectivity index (χ2n) is 27.1. The van der Waals surface area contributed by atoms with Gasteiger partial charge in [-0.1, -0.05) is 146 Å². The van der Waals surface area contributed by atoms with Crippen molar-refractivity contribution in [3.63, 3.8) is 0 Å². The van der Waals surface area contributed by atoms with E-state index in [1.165, 1.54) is 141 Å². The van der Waals surface area contributed by atoms with Gasteiger partial charge in [0.1, 0.15) is 0 Å². The Hall–Kier alpha value is -4.80. The Morgan fingerprint density at radius 1 is 0.456 bits per heavy atom. The summed E-state index contributed by atoms with van der Waals surface area (Å²) in [6, 6.07) is 37.5. The lowest BCUT2D eigenvalue weighted by molar-refractivity contribution is 0.332. The van der Waals surface area contributed by atoms with Gasteiger partial charge in [0, 0.05) is 48.6 Å². The predicted octanol–water partition coefficient (Wildman–Crippen LogP) is 16.4. The summed E-state index contributed by atoms with van der Waals surface area (Å²) < 4.78 is 2.69. The van der Waals surface area contributed by atoms with E-state index in [2.05, 4.69) is 212 Å². The van der Waals surface area contributed by atoms with Crippen LogP contribution in [0.1, 0.15) is 180 Å². The molecule has 2 nitrogen and oxygen atoms in total.